The number of benzene rings is 4. The third-order valence-electron chi connectivity index (χ3n) is 5.71. The predicted octanol–water partition coefficient (Wildman–Crippen LogP) is 7.58. The molecular weight excluding hydrogens is 380 g/mol. The highest BCUT2D eigenvalue weighted by Crippen LogP contribution is 2.54. The van der Waals surface area contributed by atoms with E-state index in [-0.39, 0.29) is 5.41 Å². The second kappa shape index (κ2) is 5.56. The molecule has 0 amide bonds. The van der Waals surface area contributed by atoms with Crippen LogP contribution in [0.5, 0.6) is 0 Å². The third kappa shape index (κ3) is 2.13. The normalized spacial score (nSPS) is 14.3. The molecule has 0 aliphatic heterocycles. The van der Waals surface area contributed by atoms with Crippen molar-refractivity contribution >= 4 is 26.7 Å². The van der Waals surface area contributed by atoms with Gasteiger partial charge in [0.15, 0.2) is 0 Å². The molecule has 0 saturated carbocycles. The monoisotopic (exact) mass is 398 g/mol. The Morgan fingerprint density at radius 2 is 1.46 bits per heavy atom. The molecule has 1 aliphatic rings. The van der Waals surface area contributed by atoms with Crippen LogP contribution in [0.3, 0.4) is 0 Å². The highest BCUT2D eigenvalue weighted by molar-refractivity contribution is 9.10. The van der Waals surface area contributed by atoms with Gasteiger partial charge >= 0.3 is 0 Å². The molecule has 1 aliphatic carbocycles. The molecule has 0 aromatic heterocycles. The molecule has 0 atom stereocenters. The van der Waals surface area contributed by atoms with E-state index in [1.54, 1.807) is 0 Å². The summed E-state index contributed by atoms with van der Waals surface area (Å²) in [5.41, 5.74) is 8.22. The Kier molecular flexibility index (Phi) is 3.39. The molecule has 0 N–H and O–H groups in total. The summed E-state index contributed by atoms with van der Waals surface area (Å²) >= 11 is 3.66. The second-order valence-electron chi connectivity index (χ2n) is 7.58. The maximum atomic E-state index is 3.66. The molecule has 1 heteroatoms. The molecule has 26 heavy (non-hydrogen) atoms. The van der Waals surface area contributed by atoms with Crippen LogP contribution in [-0.2, 0) is 5.41 Å². The molecular formula is C25H19Br. The Balaban J connectivity index is 2.00. The van der Waals surface area contributed by atoms with Crippen molar-refractivity contribution < 1.29 is 0 Å². The number of rotatable bonds is 1. The van der Waals surface area contributed by atoms with Crippen molar-refractivity contribution in [1.82, 2.24) is 0 Å². The van der Waals surface area contributed by atoms with Gasteiger partial charge in [0, 0.05) is 9.89 Å². The van der Waals surface area contributed by atoms with Crippen LogP contribution >= 0.6 is 15.9 Å². The van der Waals surface area contributed by atoms with Crippen LogP contribution in [0.1, 0.15) is 25.0 Å². The summed E-state index contributed by atoms with van der Waals surface area (Å²) in [6, 6.07) is 28.7. The van der Waals surface area contributed by atoms with Crippen molar-refractivity contribution in [2.75, 3.05) is 0 Å². The predicted molar refractivity (Wildman–Crippen MR) is 115 cm³/mol. The lowest BCUT2D eigenvalue weighted by molar-refractivity contribution is 0.661. The average molecular weight is 399 g/mol. The Hall–Kier alpha value is -2.38. The van der Waals surface area contributed by atoms with Gasteiger partial charge in [0.25, 0.3) is 0 Å². The van der Waals surface area contributed by atoms with Crippen molar-refractivity contribution in [1.29, 1.82) is 0 Å². The minimum atomic E-state index is 0.0106. The highest BCUT2D eigenvalue weighted by Gasteiger charge is 2.37. The number of fused-ring (bicyclic) bond motifs is 4. The molecule has 4 aromatic rings. The van der Waals surface area contributed by atoms with E-state index < -0.39 is 0 Å². The molecule has 0 fully saturated rings. The van der Waals surface area contributed by atoms with E-state index >= 15 is 0 Å². The van der Waals surface area contributed by atoms with Gasteiger partial charge in [-0.05, 0) is 62.4 Å². The van der Waals surface area contributed by atoms with E-state index in [1.165, 1.54) is 44.2 Å². The van der Waals surface area contributed by atoms with Crippen molar-refractivity contribution in [2.45, 2.75) is 19.3 Å². The van der Waals surface area contributed by atoms with Gasteiger partial charge in [-0.15, -0.1) is 0 Å². The molecule has 0 saturated heterocycles. The van der Waals surface area contributed by atoms with Crippen LogP contribution in [0.15, 0.2) is 83.3 Å². The van der Waals surface area contributed by atoms with Gasteiger partial charge in [0.2, 0.25) is 0 Å². The van der Waals surface area contributed by atoms with Crippen LogP contribution in [0.4, 0.5) is 0 Å². The fourth-order valence-corrected chi connectivity index (χ4v) is 4.85. The lowest BCUT2D eigenvalue weighted by atomic mass is 9.80. The quantitative estimate of drug-likeness (QED) is 0.310. The van der Waals surface area contributed by atoms with Crippen LogP contribution < -0.4 is 0 Å². The minimum absolute atomic E-state index is 0.0106. The van der Waals surface area contributed by atoms with Gasteiger partial charge in [-0.2, -0.15) is 0 Å². The Labute approximate surface area is 162 Å². The lowest BCUT2D eigenvalue weighted by Crippen LogP contribution is -2.14. The van der Waals surface area contributed by atoms with E-state index in [2.05, 4.69) is 109 Å². The Morgan fingerprint density at radius 3 is 2.31 bits per heavy atom. The maximum absolute atomic E-state index is 3.66. The van der Waals surface area contributed by atoms with Crippen LogP contribution in [0, 0.1) is 0 Å². The maximum Gasteiger partial charge on any atom is 0.0181 e. The fraction of sp³-hybridized carbons (Fsp3) is 0.120. The largest absolute Gasteiger partial charge is 0.0619 e. The first-order valence-electron chi connectivity index (χ1n) is 8.99. The van der Waals surface area contributed by atoms with Crippen molar-refractivity contribution in [3.05, 3.63) is 94.5 Å². The highest BCUT2D eigenvalue weighted by atomic mass is 79.9. The van der Waals surface area contributed by atoms with E-state index in [4.69, 9.17) is 0 Å². The zero-order valence-electron chi connectivity index (χ0n) is 14.9. The van der Waals surface area contributed by atoms with E-state index in [0.29, 0.717) is 0 Å². The smallest absolute Gasteiger partial charge is 0.0181 e. The molecule has 0 heterocycles. The van der Waals surface area contributed by atoms with E-state index in [9.17, 15) is 0 Å². The van der Waals surface area contributed by atoms with E-state index in [1.807, 2.05) is 0 Å². The summed E-state index contributed by atoms with van der Waals surface area (Å²) in [5, 5.41) is 2.62. The van der Waals surface area contributed by atoms with Gasteiger partial charge in [-0.3, -0.25) is 0 Å². The van der Waals surface area contributed by atoms with Crippen molar-refractivity contribution in [2.24, 2.45) is 0 Å². The Bertz CT molecular complexity index is 1170. The average Bonchev–Trinajstić information content (AvgIpc) is 2.88. The minimum Gasteiger partial charge on any atom is -0.0619 e. The first-order valence-corrected chi connectivity index (χ1v) is 9.79. The number of hydrogen-bond donors (Lipinski definition) is 0. The summed E-state index contributed by atoms with van der Waals surface area (Å²) in [5.74, 6) is 0. The first kappa shape index (κ1) is 15.8. The Morgan fingerprint density at radius 1 is 0.692 bits per heavy atom. The third-order valence-corrected chi connectivity index (χ3v) is 6.20. The summed E-state index contributed by atoms with van der Waals surface area (Å²) in [6.45, 7) is 4.69. The van der Waals surface area contributed by atoms with Gasteiger partial charge in [0.05, 0.1) is 0 Å². The molecule has 0 unspecified atom stereocenters. The first-order chi connectivity index (χ1) is 12.6. The van der Waals surface area contributed by atoms with Gasteiger partial charge in [0.1, 0.15) is 0 Å². The summed E-state index contributed by atoms with van der Waals surface area (Å²) in [6.07, 6.45) is 0. The second-order valence-corrected chi connectivity index (χ2v) is 8.49. The fourth-order valence-electron chi connectivity index (χ4n) is 4.46. The summed E-state index contributed by atoms with van der Waals surface area (Å²) in [4.78, 5) is 0. The molecule has 0 spiro atoms. The lowest BCUT2D eigenvalue weighted by Gasteiger charge is -2.22. The van der Waals surface area contributed by atoms with Crippen molar-refractivity contribution in [3.8, 4) is 22.3 Å². The van der Waals surface area contributed by atoms with Crippen LogP contribution in [0.25, 0.3) is 33.0 Å². The molecule has 126 valence electrons. The molecule has 4 aromatic carbocycles. The molecule has 0 radical (unpaired) electrons. The summed E-state index contributed by atoms with van der Waals surface area (Å²) < 4.78 is 1.11. The van der Waals surface area contributed by atoms with Gasteiger partial charge in [-0.1, -0.05) is 90.4 Å². The zero-order chi connectivity index (χ0) is 17.9. The van der Waals surface area contributed by atoms with Gasteiger partial charge < -0.3 is 0 Å². The summed E-state index contributed by atoms with van der Waals surface area (Å²) in [7, 11) is 0. The van der Waals surface area contributed by atoms with E-state index in [0.717, 1.165) is 4.47 Å². The topological polar surface area (TPSA) is 0 Å². The van der Waals surface area contributed by atoms with Gasteiger partial charge in [-0.25, -0.2) is 0 Å². The zero-order valence-corrected chi connectivity index (χ0v) is 16.5. The van der Waals surface area contributed by atoms with Crippen LogP contribution in [-0.4, -0.2) is 0 Å². The standard InChI is InChI=1S/C25H19Br/c1-25(2)21-13-6-5-12-20(21)24-22(25)15-16-8-3-4-11-19(16)23(24)17-9-7-10-18(26)14-17/h3-15H,1-2H3. The van der Waals surface area contributed by atoms with Crippen LogP contribution in [0.2, 0.25) is 0 Å². The SMILES string of the molecule is CC1(C)c2ccccc2-c2c1cc1ccccc1c2-c1cccc(Br)c1. The number of hydrogen-bond acceptors (Lipinski definition) is 0. The molecule has 5 rings (SSSR count). The number of halogens is 1. The van der Waals surface area contributed by atoms with Crippen molar-refractivity contribution in [3.63, 3.8) is 0 Å². The molecule has 0 bridgehead atoms. The molecule has 0 nitrogen and oxygen atoms in total.